The number of primary amides is 1. The zero-order valence-corrected chi connectivity index (χ0v) is 14.8. The van der Waals surface area contributed by atoms with E-state index in [0.717, 1.165) is 28.5 Å². The molecule has 0 aliphatic rings. The first-order valence-corrected chi connectivity index (χ1v) is 8.74. The molecule has 0 aliphatic heterocycles. The van der Waals surface area contributed by atoms with Gasteiger partial charge in [0.1, 0.15) is 17.6 Å². The Morgan fingerprint density at radius 3 is 2.21 bits per heavy atom. The van der Waals surface area contributed by atoms with Gasteiger partial charge < -0.3 is 5.73 Å². The van der Waals surface area contributed by atoms with E-state index < -0.39 is 29.0 Å². The van der Waals surface area contributed by atoms with Crippen LogP contribution in [0.4, 0.5) is 8.78 Å². The predicted molar refractivity (Wildman–Crippen MR) is 105 cm³/mol. The third-order valence-corrected chi connectivity index (χ3v) is 4.70. The van der Waals surface area contributed by atoms with E-state index in [0.29, 0.717) is 5.69 Å². The molecule has 0 saturated heterocycles. The lowest BCUT2D eigenvalue weighted by Gasteiger charge is -2.16. The molecule has 3 nitrogen and oxygen atoms in total. The van der Waals surface area contributed by atoms with E-state index in [1.165, 1.54) is 6.07 Å². The highest BCUT2D eigenvalue weighted by atomic mass is 19.1. The number of halogens is 2. The monoisotopic (exact) mass is 374 g/mol. The Kier molecular flexibility index (Phi) is 4.57. The van der Waals surface area contributed by atoms with Gasteiger partial charge in [-0.25, -0.2) is 8.78 Å². The Bertz CT molecular complexity index is 1160. The number of hydrogen-bond donors (Lipinski definition) is 1. The second-order valence-electron chi connectivity index (χ2n) is 6.45. The standard InChI is InChI=1S/C23H16F2N2O/c24-17-10-4-11-18(25)21(17)22(23(26)28)20-13-5-12-19(27-20)16-9-3-7-14-6-1-2-8-15(14)16/h1-13,22H,(H2,26,28). The number of pyridine rings is 1. The number of aromatic nitrogens is 1. The van der Waals surface area contributed by atoms with Gasteiger partial charge in [0.25, 0.3) is 0 Å². The van der Waals surface area contributed by atoms with Gasteiger partial charge in [-0.15, -0.1) is 0 Å². The van der Waals surface area contributed by atoms with Crippen molar-refractivity contribution in [2.24, 2.45) is 5.73 Å². The lowest BCUT2D eigenvalue weighted by molar-refractivity contribution is -0.118. The maximum atomic E-state index is 14.3. The fourth-order valence-corrected chi connectivity index (χ4v) is 3.43. The first kappa shape index (κ1) is 17.8. The summed E-state index contributed by atoms with van der Waals surface area (Å²) in [5.41, 5.74) is 6.76. The zero-order valence-electron chi connectivity index (χ0n) is 14.8. The number of nitrogens with two attached hydrogens (primary N) is 1. The van der Waals surface area contributed by atoms with E-state index in [1.54, 1.807) is 18.2 Å². The van der Waals surface area contributed by atoms with E-state index in [2.05, 4.69) is 4.98 Å². The Morgan fingerprint density at radius 2 is 1.46 bits per heavy atom. The smallest absolute Gasteiger partial charge is 0.231 e. The van der Waals surface area contributed by atoms with Crippen molar-refractivity contribution in [3.63, 3.8) is 0 Å². The molecule has 0 radical (unpaired) electrons. The fraction of sp³-hybridized carbons (Fsp3) is 0.0435. The van der Waals surface area contributed by atoms with Gasteiger partial charge >= 0.3 is 0 Å². The van der Waals surface area contributed by atoms with Gasteiger partial charge in [-0.3, -0.25) is 9.78 Å². The summed E-state index contributed by atoms with van der Waals surface area (Å²) in [4.78, 5) is 16.7. The van der Waals surface area contributed by atoms with Gasteiger partial charge in [0.15, 0.2) is 0 Å². The molecule has 1 amide bonds. The normalized spacial score (nSPS) is 12.1. The largest absolute Gasteiger partial charge is 0.369 e. The third-order valence-electron chi connectivity index (χ3n) is 4.70. The van der Waals surface area contributed by atoms with Crippen molar-refractivity contribution in [2.45, 2.75) is 5.92 Å². The summed E-state index contributed by atoms with van der Waals surface area (Å²) < 4.78 is 28.6. The third kappa shape index (κ3) is 3.11. The molecule has 2 N–H and O–H groups in total. The second-order valence-corrected chi connectivity index (χ2v) is 6.45. The Morgan fingerprint density at radius 1 is 0.821 bits per heavy atom. The molecule has 0 fully saturated rings. The van der Waals surface area contributed by atoms with Crippen LogP contribution >= 0.6 is 0 Å². The van der Waals surface area contributed by atoms with Crippen LogP contribution in [0.2, 0.25) is 0 Å². The molecule has 1 atom stereocenters. The number of benzene rings is 3. The minimum absolute atomic E-state index is 0.196. The lowest BCUT2D eigenvalue weighted by atomic mass is 9.92. The average molecular weight is 374 g/mol. The van der Waals surface area contributed by atoms with E-state index in [1.807, 2.05) is 42.5 Å². The molecule has 0 saturated carbocycles. The average Bonchev–Trinajstić information content (AvgIpc) is 2.70. The predicted octanol–water partition coefficient (Wildman–Crippen LogP) is 4.80. The minimum Gasteiger partial charge on any atom is -0.369 e. The molecule has 1 aromatic heterocycles. The van der Waals surface area contributed by atoms with Gasteiger partial charge in [-0.2, -0.15) is 0 Å². The fourth-order valence-electron chi connectivity index (χ4n) is 3.43. The van der Waals surface area contributed by atoms with Crippen LogP contribution in [0.15, 0.2) is 78.9 Å². The van der Waals surface area contributed by atoms with Crippen molar-refractivity contribution in [3.05, 3.63) is 102 Å². The molecule has 1 unspecified atom stereocenters. The van der Waals surface area contributed by atoms with Gasteiger partial charge in [0.05, 0.1) is 11.4 Å². The van der Waals surface area contributed by atoms with E-state index >= 15 is 0 Å². The highest BCUT2D eigenvalue weighted by Crippen LogP contribution is 2.31. The van der Waals surface area contributed by atoms with Crippen LogP contribution < -0.4 is 5.73 Å². The molecule has 0 bridgehead atoms. The number of hydrogen-bond acceptors (Lipinski definition) is 2. The highest BCUT2D eigenvalue weighted by molar-refractivity contribution is 5.96. The SMILES string of the molecule is NC(=O)C(c1cccc(-c2cccc3ccccc23)n1)c1c(F)cccc1F. The van der Waals surface area contributed by atoms with Crippen molar-refractivity contribution < 1.29 is 13.6 Å². The molecule has 5 heteroatoms. The number of fused-ring (bicyclic) bond motifs is 1. The van der Waals surface area contributed by atoms with Crippen LogP contribution in [0, 0.1) is 11.6 Å². The summed E-state index contributed by atoms with van der Waals surface area (Å²) in [6, 6.07) is 22.1. The van der Waals surface area contributed by atoms with Gasteiger partial charge in [0, 0.05) is 11.1 Å². The minimum atomic E-state index is -1.32. The van der Waals surface area contributed by atoms with E-state index in [-0.39, 0.29) is 5.69 Å². The maximum Gasteiger partial charge on any atom is 0.231 e. The van der Waals surface area contributed by atoms with Crippen LogP contribution in [0.5, 0.6) is 0 Å². The van der Waals surface area contributed by atoms with Crippen LogP contribution in [0.3, 0.4) is 0 Å². The van der Waals surface area contributed by atoms with Crippen LogP contribution in [-0.2, 0) is 4.79 Å². The van der Waals surface area contributed by atoms with Gasteiger partial charge in [-0.1, -0.05) is 54.6 Å². The summed E-state index contributed by atoms with van der Waals surface area (Å²) in [5, 5.41) is 2.03. The number of carbonyl (C=O) groups excluding carboxylic acids is 1. The number of amides is 1. The first-order chi connectivity index (χ1) is 13.6. The van der Waals surface area contributed by atoms with E-state index in [9.17, 15) is 13.6 Å². The Hall–Kier alpha value is -3.60. The molecular formula is C23H16F2N2O. The molecule has 0 aliphatic carbocycles. The van der Waals surface area contributed by atoms with Gasteiger partial charge in [0.2, 0.25) is 5.91 Å². The molecule has 4 rings (SSSR count). The summed E-state index contributed by atoms with van der Waals surface area (Å²) in [6.45, 7) is 0. The second kappa shape index (κ2) is 7.19. The summed E-state index contributed by atoms with van der Waals surface area (Å²) in [5.74, 6) is -3.86. The van der Waals surface area contributed by atoms with Crippen molar-refractivity contribution in [3.8, 4) is 11.3 Å². The number of rotatable bonds is 4. The Balaban J connectivity index is 1.89. The topological polar surface area (TPSA) is 56.0 Å². The van der Waals surface area contributed by atoms with E-state index in [4.69, 9.17) is 5.73 Å². The lowest BCUT2D eigenvalue weighted by Crippen LogP contribution is -2.25. The molecule has 28 heavy (non-hydrogen) atoms. The van der Waals surface area contributed by atoms with Crippen molar-refractivity contribution in [2.75, 3.05) is 0 Å². The van der Waals surface area contributed by atoms with Crippen molar-refractivity contribution in [1.29, 1.82) is 0 Å². The zero-order chi connectivity index (χ0) is 19.7. The Labute approximate surface area is 160 Å². The van der Waals surface area contributed by atoms with Gasteiger partial charge in [-0.05, 0) is 35.0 Å². The summed E-state index contributed by atoms with van der Waals surface area (Å²) in [7, 11) is 0. The van der Waals surface area contributed by atoms with Crippen LogP contribution in [0.1, 0.15) is 17.2 Å². The summed E-state index contributed by atoms with van der Waals surface area (Å²) >= 11 is 0. The molecule has 138 valence electrons. The number of nitrogens with zero attached hydrogens (tertiary/aromatic N) is 1. The van der Waals surface area contributed by atoms with Crippen LogP contribution in [0.25, 0.3) is 22.0 Å². The molecule has 3 aromatic carbocycles. The highest BCUT2D eigenvalue weighted by Gasteiger charge is 2.28. The maximum absolute atomic E-state index is 14.3. The molecule has 1 heterocycles. The van der Waals surface area contributed by atoms with Crippen molar-refractivity contribution >= 4 is 16.7 Å². The molecule has 4 aromatic rings. The summed E-state index contributed by atoms with van der Waals surface area (Å²) in [6.07, 6.45) is 0. The molecule has 0 spiro atoms. The van der Waals surface area contributed by atoms with Crippen molar-refractivity contribution in [1.82, 2.24) is 4.98 Å². The quantitative estimate of drug-likeness (QED) is 0.558. The number of carbonyl (C=O) groups is 1. The first-order valence-electron chi connectivity index (χ1n) is 8.74. The molecular weight excluding hydrogens is 358 g/mol. The van der Waals surface area contributed by atoms with Crippen LogP contribution in [-0.4, -0.2) is 10.9 Å².